The van der Waals surface area contributed by atoms with Crippen LogP contribution in [0.3, 0.4) is 0 Å². The lowest BCUT2D eigenvalue weighted by molar-refractivity contribution is -0.160. The average molecular weight is 308 g/mol. The molecule has 0 saturated heterocycles. The molecule has 1 aromatic rings. The summed E-state index contributed by atoms with van der Waals surface area (Å²) in [5, 5.41) is 8.73. The molecule has 1 aliphatic rings. The van der Waals surface area contributed by atoms with Gasteiger partial charge in [-0.2, -0.15) is 23.2 Å². The highest BCUT2D eigenvalue weighted by Gasteiger charge is 2.65. The van der Waals surface area contributed by atoms with Crippen molar-refractivity contribution in [1.82, 2.24) is 4.72 Å². The van der Waals surface area contributed by atoms with Gasteiger partial charge in [-0.05, 0) is 25.0 Å². The van der Waals surface area contributed by atoms with Crippen molar-refractivity contribution in [1.29, 1.82) is 5.26 Å². The number of benzene rings is 1. The Hall–Kier alpha value is -1.66. The third kappa shape index (κ3) is 2.36. The summed E-state index contributed by atoms with van der Waals surface area (Å²) in [6.07, 6.45) is -5.50. The van der Waals surface area contributed by atoms with Crippen LogP contribution in [0.5, 0.6) is 0 Å². The number of halogens is 4. The minimum atomic E-state index is -4.74. The van der Waals surface area contributed by atoms with Gasteiger partial charge < -0.3 is 0 Å². The van der Waals surface area contributed by atoms with Crippen molar-refractivity contribution in [2.45, 2.75) is 29.5 Å². The third-order valence-electron chi connectivity index (χ3n) is 3.00. The molecule has 20 heavy (non-hydrogen) atoms. The molecule has 9 heteroatoms. The van der Waals surface area contributed by atoms with E-state index in [0.29, 0.717) is 0 Å². The van der Waals surface area contributed by atoms with E-state index >= 15 is 0 Å². The van der Waals surface area contributed by atoms with Crippen molar-refractivity contribution in [3.63, 3.8) is 0 Å². The summed E-state index contributed by atoms with van der Waals surface area (Å²) in [6.45, 7) is 0. The van der Waals surface area contributed by atoms with E-state index < -0.39 is 38.0 Å². The topological polar surface area (TPSA) is 70.0 Å². The van der Waals surface area contributed by atoms with E-state index in [0.717, 1.165) is 18.2 Å². The van der Waals surface area contributed by atoms with Gasteiger partial charge >= 0.3 is 6.18 Å². The van der Waals surface area contributed by atoms with Crippen molar-refractivity contribution in [3.05, 3.63) is 29.6 Å². The fraction of sp³-hybridized carbons (Fsp3) is 0.364. The van der Waals surface area contributed by atoms with Crippen molar-refractivity contribution in [2.24, 2.45) is 0 Å². The molecule has 108 valence electrons. The van der Waals surface area contributed by atoms with Crippen LogP contribution in [0.25, 0.3) is 0 Å². The SMILES string of the molecule is N#Cc1c(F)cccc1S(=O)(=O)NC1(C(F)(F)F)CC1. The maximum Gasteiger partial charge on any atom is 0.407 e. The Morgan fingerprint density at radius 3 is 2.35 bits per heavy atom. The second-order valence-corrected chi connectivity index (χ2v) is 6.06. The van der Waals surface area contributed by atoms with Gasteiger partial charge in [-0.15, -0.1) is 0 Å². The Kier molecular flexibility index (Phi) is 3.26. The molecule has 0 atom stereocenters. The van der Waals surface area contributed by atoms with Crippen molar-refractivity contribution in [2.75, 3.05) is 0 Å². The maximum atomic E-state index is 13.3. The van der Waals surface area contributed by atoms with E-state index in [1.54, 1.807) is 0 Å². The zero-order chi connectivity index (χ0) is 15.2. The van der Waals surface area contributed by atoms with Crippen LogP contribution in [0.2, 0.25) is 0 Å². The molecule has 2 rings (SSSR count). The van der Waals surface area contributed by atoms with Crippen LogP contribution in [0.1, 0.15) is 18.4 Å². The standard InChI is InChI=1S/C11H8F4N2O2S/c12-8-2-1-3-9(7(8)6-16)20(18,19)17-10(4-5-10)11(13,14)15/h1-3,17H,4-5H2. The Labute approximate surface area is 112 Å². The summed E-state index contributed by atoms with van der Waals surface area (Å²) in [7, 11) is -4.64. The molecule has 0 aliphatic heterocycles. The largest absolute Gasteiger partial charge is 0.407 e. The van der Waals surface area contributed by atoms with Crippen molar-refractivity contribution < 1.29 is 26.0 Å². The molecule has 1 aromatic carbocycles. The minimum absolute atomic E-state index is 0.382. The first-order valence-corrected chi connectivity index (χ1v) is 6.91. The van der Waals surface area contributed by atoms with Crippen LogP contribution in [-0.2, 0) is 10.0 Å². The number of sulfonamides is 1. The first-order chi connectivity index (χ1) is 9.13. The Morgan fingerprint density at radius 2 is 1.90 bits per heavy atom. The Balaban J connectivity index is 2.44. The highest BCUT2D eigenvalue weighted by molar-refractivity contribution is 7.89. The Morgan fingerprint density at radius 1 is 1.30 bits per heavy atom. The summed E-state index contributed by atoms with van der Waals surface area (Å²) >= 11 is 0. The second kappa shape index (κ2) is 4.43. The molecule has 0 spiro atoms. The summed E-state index contributed by atoms with van der Waals surface area (Å²) < 4.78 is 76.9. The summed E-state index contributed by atoms with van der Waals surface area (Å²) in [5.41, 5.74) is -3.32. The zero-order valence-electron chi connectivity index (χ0n) is 9.83. The lowest BCUT2D eigenvalue weighted by Gasteiger charge is -2.20. The van der Waals surface area contributed by atoms with Gasteiger partial charge in [-0.25, -0.2) is 12.8 Å². The lowest BCUT2D eigenvalue weighted by Crippen LogP contribution is -2.47. The van der Waals surface area contributed by atoms with Crippen molar-refractivity contribution >= 4 is 10.0 Å². The fourth-order valence-electron chi connectivity index (χ4n) is 1.72. The summed E-state index contributed by atoms with van der Waals surface area (Å²) in [6, 6.07) is 4.09. The minimum Gasteiger partial charge on any atom is -0.207 e. The van der Waals surface area contributed by atoms with Gasteiger partial charge in [0.1, 0.15) is 27.9 Å². The van der Waals surface area contributed by atoms with E-state index in [1.165, 1.54) is 10.8 Å². The molecule has 0 unspecified atom stereocenters. The number of rotatable bonds is 3. The predicted molar refractivity (Wildman–Crippen MR) is 59.5 cm³/mol. The van der Waals surface area contributed by atoms with Crippen LogP contribution < -0.4 is 4.72 Å². The quantitative estimate of drug-likeness (QED) is 0.869. The smallest absolute Gasteiger partial charge is 0.207 e. The molecule has 1 saturated carbocycles. The second-order valence-electron chi connectivity index (χ2n) is 4.41. The number of hydrogen-bond acceptors (Lipinski definition) is 3. The summed E-state index contributed by atoms with van der Waals surface area (Å²) in [5.74, 6) is -1.10. The van der Waals surface area contributed by atoms with Crippen LogP contribution in [0, 0.1) is 17.1 Å². The molecule has 0 radical (unpaired) electrons. The van der Waals surface area contributed by atoms with Crippen molar-refractivity contribution in [3.8, 4) is 6.07 Å². The molecule has 1 aliphatic carbocycles. The van der Waals surface area contributed by atoms with Crippen LogP contribution in [-0.4, -0.2) is 20.1 Å². The number of nitrogens with one attached hydrogen (secondary N) is 1. The molecule has 4 nitrogen and oxygen atoms in total. The van der Waals surface area contributed by atoms with E-state index in [1.807, 2.05) is 0 Å². The number of nitriles is 1. The fourth-order valence-corrected chi connectivity index (χ4v) is 3.33. The third-order valence-corrected chi connectivity index (χ3v) is 4.58. The monoisotopic (exact) mass is 308 g/mol. The first kappa shape index (κ1) is 14.7. The molecule has 0 aromatic heterocycles. The molecule has 0 heterocycles. The van der Waals surface area contributed by atoms with Crippen LogP contribution in [0.4, 0.5) is 17.6 Å². The van der Waals surface area contributed by atoms with E-state index in [4.69, 9.17) is 5.26 Å². The van der Waals surface area contributed by atoms with E-state index in [9.17, 15) is 26.0 Å². The van der Waals surface area contributed by atoms with E-state index in [2.05, 4.69) is 0 Å². The van der Waals surface area contributed by atoms with Gasteiger partial charge in [0.15, 0.2) is 0 Å². The van der Waals surface area contributed by atoms with E-state index in [-0.39, 0.29) is 12.8 Å². The number of alkyl halides is 3. The molecular weight excluding hydrogens is 300 g/mol. The molecular formula is C11H8F4N2O2S. The van der Waals surface area contributed by atoms with Gasteiger partial charge in [-0.3, -0.25) is 0 Å². The maximum absolute atomic E-state index is 13.3. The lowest BCUT2D eigenvalue weighted by atomic mass is 10.2. The normalized spacial score (nSPS) is 17.6. The van der Waals surface area contributed by atoms with Gasteiger partial charge in [0, 0.05) is 0 Å². The number of nitrogens with zero attached hydrogens (tertiary/aromatic N) is 1. The van der Waals surface area contributed by atoms with Gasteiger partial charge in [0.05, 0.1) is 0 Å². The first-order valence-electron chi connectivity index (χ1n) is 5.42. The average Bonchev–Trinajstić information content (AvgIpc) is 3.08. The van der Waals surface area contributed by atoms with Crippen LogP contribution >= 0.6 is 0 Å². The predicted octanol–water partition coefficient (Wildman–Crippen LogP) is 2.07. The molecule has 0 amide bonds. The van der Waals surface area contributed by atoms with Gasteiger partial charge in [-0.1, -0.05) is 6.07 Å². The molecule has 1 N–H and O–H groups in total. The zero-order valence-corrected chi connectivity index (χ0v) is 10.6. The number of hydrogen-bond donors (Lipinski definition) is 1. The van der Waals surface area contributed by atoms with Gasteiger partial charge in [0.25, 0.3) is 0 Å². The Bertz CT molecular complexity index is 687. The molecule has 1 fully saturated rings. The highest BCUT2D eigenvalue weighted by Crippen LogP contribution is 2.49. The van der Waals surface area contributed by atoms with Crippen LogP contribution in [0.15, 0.2) is 23.1 Å². The summed E-state index contributed by atoms with van der Waals surface area (Å²) in [4.78, 5) is -0.796. The molecule has 0 bridgehead atoms. The highest BCUT2D eigenvalue weighted by atomic mass is 32.2. The van der Waals surface area contributed by atoms with Gasteiger partial charge in [0.2, 0.25) is 10.0 Å².